The van der Waals surface area contributed by atoms with Gasteiger partial charge in [0.25, 0.3) is 5.91 Å². The van der Waals surface area contributed by atoms with Crippen LogP contribution in [-0.4, -0.2) is 67.3 Å². The molecule has 0 saturated heterocycles. The van der Waals surface area contributed by atoms with Crippen molar-refractivity contribution in [2.75, 3.05) is 40.3 Å². The molecule has 5 rings (SSSR count). The summed E-state index contributed by atoms with van der Waals surface area (Å²) in [6.07, 6.45) is 2.64. The number of nitrogens with zero attached hydrogens (tertiary/aromatic N) is 2. The molecule has 5 nitrogen and oxygen atoms in total. The number of fused-ring (bicyclic) bond motifs is 2. The molecule has 2 heterocycles. The lowest BCUT2D eigenvalue weighted by molar-refractivity contribution is 0.0722. The van der Waals surface area contributed by atoms with Gasteiger partial charge in [-0.25, -0.2) is 0 Å². The lowest BCUT2D eigenvalue weighted by atomic mass is 9.94. The van der Waals surface area contributed by atoms with E-state index in [2.05, 4.69) is 53.4 Å². The lowest BCUT2D eigenvalue weighted by Crippen LogP contribution is -2.38. The van der Waals surface area contributed by atoms with Crippen LogP contribution in [0.25, 0.3) is 26.4 Å². The molecule has 1 atom stereocenters. The molecule has 1 aliphatic rings. The summed E-state index contributed by atoms with van der Waals surface area (Å²) in [6, 6.07) is 22.7. The van der Waals surface area contributed by atoms with Gasteiger partial charge < -0.3 is 14.7 Å². The predicted octanol–water partition coefficient (Wildman–Crippen LogP) is 5.29. The minimum atomic E-state index is -0.598. The molecule has 0 bridgehead atoms. The maximum absolute atomic E-state index is 12.3. The first-order chi connectivity index (χ1) is 17.0. The van der Waals surface area contributed by atoms with E-state index in [0.717, 1.165) is 29.6 Å². The van der Waals surface area contributed by atoms with Crippen molar-refractivity contribution in [3.05, 3.63) is 83.2 Å². The third kappa shape index (κ3) is 5.10. The van der Waals surface area contributed by atoms with Crippen LogP contribution < -0.4 is 4.74 Å². The van der Waals surface area contributed by atoms with E-state index >= 15 is 0 Å². The zero-order chi connectivity index (χ0) is 24.4. The summed E-state index contributed by atoms with van der Waals surface area (Å²) in [5.41, 5.74) is 2.68. The Labute approximate surface area is 209 Å². The van der Waals surface area contributed by atoms with Crippen LogP contribution in [0.1, 0.15) is 21.7 Å². The summed E-state index contributed by atoms with van der Waals surface area (Å²) >= 11 is 1.46. The standard InChI is InChI=1S/C29H30N2O3S/c1-30(2)29(33)28-17-25-26(11-6-12-27(25)35-28)34-19-22(32)18-31-15-13-21(14-16-31)24-10-5-8-20-7-3-4-9-23(20)24/h3-13,17,22,32H,14-16,18-19H2,1-2H3/t22-/m0/s1. The van der Waals surface area contributed by atoms with Gasteiger partial charge in [0.1, 0.15) is 18.5 Å². The number of rotatable bonds is 7. The van der Waals surface area contributed by atoms with Gasteiger partial charge in [-0.3, -0.25) is 9.69 Å². The average Bonchev–Trinajstić information content (AvgIpc) is 3.32. The molecule has 1 amide bonds. The lowest BCUT2D eigenvalue weighted by Gasteiger charge is -2.28. The van der Waals surface area contributed by atoms with Crippen molar-refractivity contribution in [2.45, 2.75) is 12.5 Å². The van der Waals surface area contributed by atoms with Crippen molar-refractivity contribution in [3.63, 3.8) is 0 Å². The van der Waals surface area contributed by atoms with Crippen molar-refractivity contribution in [1.29, 1.82) is 0 Å². The molecule has 1 aliphatic heterocycles. The van der Waals surface area contributed by atoms with Gasteiger partial charge in [0, 0.05) is 43.8 Å². The first-order valence-corrected chi connectivity index (χ1v) is 12.8. The zero-order valence-electron chi connectivity index (χ0n) is 20.1. The number of carbonyl (C=O) groups excluding carboxylic acids is 1. The third-order valence-corrected chi connectivity index (χ3v) is 7.56. The number of hydrogen-bond acceptors (Lipinski definition) is 5. The Morgan fingerprint density at radius 3 is 2.69 bits per heavy atom. The topological polar surface area (TPSA) is 53.0 Å². The Kier molecular flexibility index (Phi) is 6.86. The molecule has 1 N–H and O–H groups in total. The number of β-amino-alcohol motifs (C(OH)–C–C–N with tert-alkyl or cyclic N) is 1. The number of aliphatic hydroxyl groups is 1. The Hall–Kier alpha value is -3.19. The number of amides is 1. The van der Waals surface area contributed by atoms with Crippen molar-refractivity contribution >= 4 is 43.7 Å². The minimum absolute atomic E-state index is 0.0155. The van der Waals surface area contributed by atoms with E-state index in [-0.39, 0.29) is 12.5 Å². The first-order valence-electron chi connectivity index (χ1n) is 11.9. The second kappa shape index (κ2) is 10.2. The maximum Gasteiger partial charge on any atom is 0.263 e. The minimum Gasteiger partial charge on any atom is -0.490 e. The van der Waals surface area contributed by atoms with Crippen LogP contribution in [0.4, 0.5) is 0 Å². The maximum atomic E-state index is 12.3. The summed E-state index contributed by atoms with van der Waals surface area (Å²) in [4.78, 5) is 16.9. The second-order valence-electron chi connectivity index (χ2n) is 9.21. The van der Waals surface area contributed by atoms with E-state index in [1.807, 2.05) is 24.3 Å². The van der Waals surface area contributed by atoms with E-state index in [1.54, 1.807) is 19.0 Å². The monoisotopic (exact) mass is 486 g/mol. The fourth-order valence-corrected chi connectivity index (χ4v) is 5.75. The van der Waals surface area contributed by atoms with Crippen molar-refractivity contribution < 1.29 is 14.6 Å². The van der Waals surface area contributed by atoms with Crippen molar-refractivity contribution in [1.82, 2.24) is 9.80 Å². The Morgan fingerprint density at radius 1 is 1.09 bits per heavy atom. The predicted molar refractivity (Wildman–Crippen MR) is 144 cm³/mol. The van der Waals surface area contributed by atoms with Crippen LogP contribution in [0.2, 0.25) is 0 Å². The molecule has 6 heteroatoms. The molecular formula is C29H30N2O3S. The highest BCUT2D eigenvalue weighted by Gasteiger charge is 2.19. The van der Waals surface area contributed by atoms with Crippen LogP contribution in [0.5, 0.6) is 5.75 Å². The zero-order valence-corrected chi connectivity index (χ0v) is 20.9. The number of ether oxygens (including phenoxy) is 1. The second-order valence-corrected chi connectivity index (χ2v) is 10.3. The molecule has 0 unspecified atom stereocenters. The van der Waals surface area contributed by atoms with Gasteiger partial charge in [-0.1, -0.05) is 54.6 Å². The van der Waals surface area contributed by atoms with E-state index in [4.69, 9.17) is 4.74 Å². The largest absolute Gasteiger partial charge is 0.490 e. The van der Waals surface area contributed by atoms with Gasteiger partial charge in [0.2, 0.25) is 0 Å². The normalized spacial score (nSPS) is 15.2. The summed E-state index contributed by atoms with van der Waals surface area (Å²) < 4.78 is 7.01. The van der Waals surface area contributed by atoms with E-state index in [1.165, 1.54) is 33.2 Å². The molecule has 1 aromatic heterocycles. The fourth-order valence-electron chi connectivity index (χ4n) is 4.65. The van der Waals surface area contributed by atoms with Crippen LogP contribution in [0.15, 0.2) is 72.8 Å². The molecule has 0 spiro atoms. The smallest absolute Gasteiger partial charge is 0.263 e. The molecule has 35 heavy (non-hydrogen) atoms. The van der Waals surface area contributed by atoms with Gasteiger partial charge in [-0.15, -0.1) is 11.3 Å². The number of benzene rings is 3. The van der Waals surface area contributed by atoms with E-state index in [0.29, 0.717) is 17.2 Å². The number of hydrogen-bond donors (Lipinski definition) is 1. The summed E-state index contributed by atoms with van der Waals surface area (Å²) in [7, 11) is 3.50. The van der Waals surface area contributed by atoms with Gasteiger partial charge in [0.05, 0.1) is 4.88 Å². The van der Waals surface area contributed by atoms with Crippen LogP contribution in [-0.2, 0) is 0 Å². The molecular weight excluding hydrogens is 456 g/mol. The van der Waals surface area contributed by atoms with Gasteiger partial charge in [-0.2, -0.15) is 0 Å². The molecule has 0 saturated carbocycles. The van der Waals surface area contributed by atoms with Crippen LogP contribution in [0.3, 0.4) is 0 Å². The first kappa shape index (κ1) is 23.5. The number of thiophene rings is 1. The Bertz CT molecular complexity index is 1390. The van der Waals surface area contributed by atoms with Gasteiger partial charge in [-0.05, 0) is 46.5 Å². The van der Waals surface area contributed by atoms with Crippen molar-refractivity contribution in [2.24, 2.45) is 0 Å². The summed E-state index contributed by atoms with van der Waals surface area (Å²) in [5, 5.41) is 14.1. The van der Waals surface area contributed by atoms with E-state index in [9.17, 15) is 9.90 Å². The highest BCUT2D eigenvalue weighted by molar-refractivity contribution is 7.20. The van der Waals surface area contributed by atoms with E-state index < -0.39 is 6.10 Å². The molecule has 3 aromatic carbocycles. The van der Waals surface area contributed by atoms with Crippen LogP contribution in [0, 0.1) is 0 Å². The molecule has 0 radical (unpaired) electrons. The SMILES string of the molecule is CN(C)C(=O)c1cc2c(OC[C@@H](O)CN3CC=C(c4cccc5ccccc45)CC3)cccc2s1. The Morgan fingerprint density at radius 2 is 1.89 bits per heavy atom. The Balaban J connectivity index is 1.20. The highest BCUT2D eigenvalue weighted by Crippen LogP contribution is 2.33. The summed E-state index contributed by atoms with van der Waals surface area (Å²) in [5.74, 6) is 0.686. The fraction of sp³-hybridized carbons (Fsp3) is 0.276. The molecule has 0 aliphatic carbocycles. The summed E-state index contributed by atoms with van der Waals surface area (Å²) in [6.45, 7) is 2.49. The van der Waals surface area contributed by atoms with Gasteiger partial charge in [0.15, 0.2) is 0 Å². The quantitative estimate of drug-likeness (QED) is 0.386. The molecule has 4 aromatic rings. The highest BCUT2D eigenvalue weighted by atomic mass is 32.1. The molecule has 180 valence electrons. The van der Waals surface area contributed by atoms with Crippen molar-refractivity contribution in [3.8, 4) is 5.75 Å². The molecule has 0 fully saturated rings. The average molecular weight is 487 g/mol. The van der Waals surface area contributed by atoms with Crippen LogP contribution >= 0.6 is 11.3 Å². The number of aliphatic hydroxyl groups excluding tert-OH is 1. The van der Waals surface area contributed by atoms with Gasteiger partial charge >= 0.3 is 0 Å². The number of carbonyl (C=O) groups is 1. The third-order valence-electron chi connectivity index (χ3n) is 6.47.